The lowest BCUT2D eigenvalue weighted by Gasteiger charge is -2.04. The fourth-order valence-corrected chi connectivity index (χ4v) is 2.58. The van der Waals surface area contributed by atoms with E-state index in [1.807, 2.05) is 0 Å². The van der Waals surface area contributed by atoms with Crippen molar-refractivity contribution in [2.24, 2.45) is 0 Å². The zero-order chi connectivity index (χ0) is 12.4. The van der Waals surface area contributed by atoms with Gasteiger partial charge in [0.1, 0.15) is 0 Å². The SMILES string of the molecule is CCOS(=O)(=O)c1cccc(S(=O)(=O)O)c1. The Morgan fingerprint density at radius 1 is 1.19 bits per heavy atom. The van der Waals surface area contributed by atoms with Gasteiger partial charge in [0.15, 0.2) is 0 Å². The quantitative estimate of drug-likeness (QED) is 0.635. The van der Waals surface area contributed by atoms with E-state index < -0.39 is 25.1 Å². The third-order valence-corrected chi connectivity index (χ3v) is 3.89. The van der Waals surface area contributed by atoms with Crippen LogP contribution in [0.25, 0.3) is 0 Å². The molecule has 0 heterocycles. The molecule has 0 atom stereocenters. The second-order valence-electron chi connectivity index (χ2n) is 2.81. The number of hydrogen-bond acceptors (Lipinski definition) is 5. The molecule has 0 saturated heterocycles. The normalized spacial score (nSPS) is 12.6. The number of hydrogen-bond donors (Lipinski definition) is 1. The van der Waals surface area contributed by atoms with E-state index in [4.69, 9.17) is 4.55 Å². The molecule has 6 nitrogen and oxygen atoms in total. The molecule has 0 aliphatic carbocycles. The highest BCUT2D eigenvalue weighted by molar-refractivity contribution is 7.87. The van der Waals surface area contributed by atoms with E-state index in [9.17, 15) is 16.8 Å². The Bertz CT molecular complexity index is 572. The van der Waals surface area contributed by atoms with Crippen LogP contribution in [0.15, 0.2) is 34.1 Å². The Labute approximate surface area is 93.7 Å². The average molecular weight is 266 g/mol. The summed E-state index contributed by atoms with van der Waals surface area (Å²) in [7, 11) is -8.39. The molecule has 8 heteroatoms. The second-order valence-corrected chi connectivity index (χ2v) is 5.85. The van der Waals surface area contributed by atoms with Crippen LogP contribution in [0.2, 0.25) is 0 Å². The van der Waals surface area contributed by atoms with Gasteiger partial charge in [-0.3, -0.25) is 8.74 Å². The Hall–Kier alpha value is -0.960. The second kappa shape index (κ2) is 4.50. The molecule has 90 valence electrons. The molecule has 0 aliphatic rings. The van der Waals surface area contributed by atoms with E-state index >= 15 is 0 Å². The summed E-state index contributed by atoms with van der Waals surface area (Å²) in [5.41, 5.74) is 0. The molecule has 0 amide bonds. The van der Waals surface area contributed by atoms with E-state index in [-0.39, 0.29) is 11.5 Å². The summed E-state index contributed by atoms with van der Waals surface area (Å²) in [5.74, 6) is 0. The molecular formula is C8H10O6S2. The molecule has 0 saturated carbocycles. The summed E-state index contributed by atoms with van der Waals surface area (Å²) in [6.45, 7) is 1.43. The van der Waals surface area contributed by atoms with Crippen molar-refractivity contribution in [1.29, 1.82) is 0 Å². The van der Waals surface area contributed by atoms with Crippen molar-refractivity contribution in [3.8, 4) is 0 Å². The minimum Gasteiger partial charge on any atom is -0.282 e. The van der Waals surface area contributed by atoms with Gasteiger partial charge in [-0.25, -0.2) is 0 Å². The van der Waals surface area contributed by atoms with Gasteiger partial charge >= 0.3 is 0 Å². The third-order valence-electron chi connectivity index (χ3n) is 1.67. The number of rotatable bonds is 4. The molecule has 0 fully saturated rings. The molecule has 0 aliphatic heterocycles. The van der Waals surface area contributed by atoms with Gasteiger partial charge in [-0.05, 0) is 25.1 Å². The van der Waals surface area contributed by atoms with Crippen LogP contribution < -0.4 is 0 Å². The standard InChI is InChI=1S/C8H10O6S2/c1-2-14-16(12,13)8-5-3-4-7(6-8)15(9,10)11/h3-6H,2H2,1H3,(H,9,10,11). The zero-order valence-corrected chi connectivity index (χ0v) is 9.95. The maximum absolute atomic E-state index is 11.4. The topological polar surface area (TPSA) is 97.7 Å². The van der Waals surface area contributed by atoms with Crippen LogP contribution in [0.5, 0.6) is 0 Å². The monoisotopic (exact) mass is 266 g/mol. The predicted octanol–water partition coefficient (Wildman–Crippen LogP) is 0.659. The first-order chi connectivity index (χ1) is 7.27. The molecular weight excluding hydrogens is 256 g/mol. The lowest BCUT2D eigenvalue weighted by atomic mass is 10.4. The fourth-order valence-electron chi connectivity index (χ4n) is 1.01. The molecule has 0 radical (unpaired) electrons. The highest BCUT2D eigenvalue weighted by Crippen LogP contribution is 2.17. The van der Waals surface area contributed by atoms with Crippen molar-refractivity contribution in [2.75, 3.05) is 6.61 Å². The van der Waals surface area contributed by atoms with Gasteiger partial charge in [0.25, 0.3) is 20.2 Å². The summed E-state index contributed by atoms with van der Waals surface area (Å²) < 4.78 is 57.6. The number of benzene rings is 1. The minimum atomic E-state index is -4.42. The summed E-state index contributed by atoms with van der Waals surface area (Å²) in [6, 6.07) is 4.30. The van der Waals surface area contributed by atoms with Crippen LogP contribution >= 0.6 is 0 Å². The highest BCUT2D eigenvalue weighted by atomic mass is 32.2. The maximum Gasteiger partial charge on any atom is 0.297 e. The van der Waals surface area contributed by atoms with Crippen LogP contribution in [-0.4, -0.2) is 28.0 Å². The van der Waals surface area contributed by atoms with E-state index in [1.165, 1.54) is 19.1 Å². The van der Waals surface area contributed by atoms with Crippen LogP contribution in [0.3, 0.4) is 0 Å². The Morgan fingerprint density at radius 2 is 1.75 bits per heavy atom. The van der Waals surface area contributed by atoms with Crippen molar-refractivity contribution >= 4 is 20.2 Å². The molecule has 0 bridgehead atoms. The van der Waals surface area contributed by atoms with Crippen LogP contribution in [-0.2, 0) is 24.4 Å². The van der Waals surface area contributed by atoms with Crippen molar-refractivity contribution in [3.05, 3.63) is 24.3 Å². The van der Waals surface area contributed by atoms with Gasteiger partial charge < -0.3 is 0 Å². The highest BCUT2D eigenvalue weighted by Gasteiger charge is 2.17. The first-order valence-corrected chi connectivity index (χ1v) is 7.09. The van der Waals surface area contributed by atoms with Gasteiger partial charge in [0.2, 0.25) is 0 Å². The van der Waals surface area contributed by atoms with Crippen LogP contribution in [0, 0.1) is 0 Å². The molecule has 1 aromatic carbocycles. The van der Waals surface area contributed by atoms with Gasteiger partial charge in [0.05, 0.1) is 16.4 Å². The van der Waals surface area contributed by atoms with Crippen LogP contribution in [0.1, 0.15) is 6.92 Å². The fraction of sp³-hybridized carbons (Fsp3) is 0.250. The third kappa shape index (κ3) is 3.01. The molecule has 16 heavy (non-hydrogen) atoms. The van der Waals surface area contributed by atoms with Gasteiger partial charge in [-0.2, -0.15) is 16.8 Å². The van der Waals surface area contributed by atoms with E-state index in [0.717, 1.165) is 12.1 Å². The van der Waals surface area contributed by atoms with E-state index in [2.05, 4.69) is 4.18 Å². The van der Waals surface area contributed by atoms with Gasteiger partial charge in [-0.1, -0.05) is 6.07 Å². The first kappa shape index (κ1) is 13.1. The maximum atomic E-state index is 11.4. The summed E-state index contributed by atoms with van der Waals surface area (Å²) >= 11 is 0. The Kier molecular flexibility index (Phi) is 3.68. The van der Waals surface area contributed by atoms with Gasteiger partial charge in [0, 0.05) is 0 Å². The smallest absolute Gasteiger partial charge is 0.282 e. The first-order valence-electron chi connectivity index (χ1n) is 4.24. The van der Waals surface area contributed by atoms with Crippen molar-refractivity contribution in [3.63, 3.8) is 0 Å². The van der Waals surface area contributed by atoms with E-state index in [1.54, 1.807) is 0 Å². The largest absolute Gasteiger partial charge is 0.297 e. The molecule has 1 N–H and O–H groups in total. The van der Waals surface area contributed by atoms with Crippen molar-refractivity contribution in [1.82, 2.24) is 0 Å². The summed E-state index contributed by atoms with van der Waals surface area (Å²) in [5, 5.41) is 0. The minimum absolute atomic E-state index is 0.0571. The summed E-state index contributed by atoms with van der Waals surface area (Å²) in [6.07, 6.45) is 0. The van der Waals surface area contributed by atoms with Crippen molar-refractivity contribution in [2.45, 2.75) is 16.7 Å². The molecule has 0 unspecified atom stereocenters. The molecule has 1 rings (SSSR count). The summed E-state index contributed by atoms with van der Waals surface area (Å²) in [4.78, 5) is -0.808. The Morgan fingerprint density at radius 3 is 2.25 bits per heavy atom. The molecule has 0 spiro atoms. The zero-order valence-electron chi connectivity index (χ0n) is 8.32. The molecule has 0 aromatic heterocycles. The van der Waals surface area contributed by atoms with Gasteiger partial charge in [-0.15, -0.1) is 0 Å². The van der Waals surface area contributed by atoms with Crippen molar-refractivity contribution < 1.29 is 25.6 Å². The molecule has 1 aromatic rings. The van der Waals surface area contributed by atoms with Crippen LogP contribution in [0.4, 0.5) is 0 Å². The predicted molar refractivity (Wildman–Crippen MR) is 55.1 cm³/mol. The van der Waals surface area contributed by atoms with E-state index in [0.29, 0.717) is 0 Å². The lowest BCUT2D eigenvalue weighted by Crippen LogP contribution is -2.07. The Balaban J connectivity index is 3.29. The average Bonchev–Trinajstić information content (AvgIpc) is 2.16. The lowest BCUT2D eigenvalue weighted by molar-refractivity contribution is 0.338.